The zero-order valence-electron chi connectivity index (χ0n) is 10.4. The van der Waals surface area contributed by atoms with Crippen molar-refractivity contribution in [3.05, 3.63) is 75.3 Å². The molecule has 0 amide bonds. The molecular formula is C15H11BrIN3. The third-order valence-electron chi connectivity index (χ3n) is 2.31. The van der Waals surface area contributed by atoms with Gasteiger partial charge in [0.25, 0.3) is 0 Å². The molecule has 1 aromatic heterocycles. The molecule has 0 aliphatic heterocycles. The highest BCUT2D eigenvalue weighted by molar-refractivity contribution is 14.1. The van der Waals surface area contributed by atoms with Gasteiger partial charge < -0.3 is 0 Å². The summed E-state index contributed by atoms with van der Waals surface area (Å²) in [5.74, 6) is 0.714. The number of benzene rings is 2. The fourth-order valence-electron chi connectivity index (χ4n) is 1.44. The molecule has 0 bridgehead atoms. The number of halogens is 2. The van der Waals surface area contributed by atoms with Crippen LogP contribution in [0.3, 0.4) is 0 Å². The summed E-state index contributed by atoms with van der Waals surface area (Å²) < 4.78 is 2.40. The first-order chi connectivity index (χ1) is 9.75. The Kier molecular flexibility index (Phi) is 6.07. The lowest BCUT2D eigenvalue weighted by Gasteiger charge is -1.95. The van der Waals surface area contributed by atoms with Crippen molar-refractivity contribution in [3.8, 4) is 11.4 Å². The van der Waals surface area contributed by atoms with E-state index in [2.05, 4.69) is 65.6 Å². The van der Waals surface area contributed by atoms with Crippen LogP contribution in [0.25, 0.3) is 11.4 Å². The first-order valence-corrected chi connectivity index (χ1v) is 7.71. The van der Waals surface area contributed by atoms with E-state index in [9.17, 15) is 0 Å². The molecule has 0 fully saturated rings. The summed E-state index contributed by atoms with van der Waals surface area (Å²) in [5, 5.41) is 0. The molecular weight excluding hydrogens is 429 g/mol. The van der Waals surface area contributed by atoms with Crippen LogP contribution in [0.2, 0.25) is 0 Å². The average Bonchev–Trinajstić information content (AvgIpc) is 2.49. The van der Waals surface area contributed by atoms with Crippen molar-refractivity contribution >= 4 is 38.5 Å². The summed E-state index contributed by atoms with van der Waals surface area (Å²) in [6.07, 6.45) is 2.99. The van der Waals surface area contributed by atoms with Gasteiger partial charge in [-0.15, -0.1) is 0 Å². The normalized spacial score (nSPS) is 9.50. The van der Waals surface area contributed by atoms with Gasteiger partial charge in [0.15, 0.2) is 5.82 Å². The summed E-state index contributed by atoms with van der Waals surface area (Å²) in [6, 6.07) is 18.0. The van der Waals surface area contributed by atoms with Crippen LogP contribution in [0.1, 0.15) is 0 Å². The smallest absolute Gasteiger partial charge is 0.162 e. The predicted molar refractivity (Wildman–Crippen MR) is 92.1 cm³/mol. The molecule has 0 spiro atoms. The molecule has 20 heavy (non-hydrogen) atoms. The van der Waals surface area contributed by atoms with Crippen LogP contribution in [-0.2, 0) is 0 Å². The Morgan fingerprint density at radius 3 is 2.10 bits per heavy atom. The molecule has 0 saturated carbocycles. The fourth-order valence-corrected chi connectivity index (χ4v) is 2.81. The van der Waals surface area contributed by atoms with Gasteiger partial charge in [-0.05, 0) is 40.8 Å². The fraction of sp³-hybridized carbons (Fsp3) is 0. The Morgan fingerprint density at radius 2 is 1.55 bits per heavy atom. The Balaban J connectivity index is 0.000000160. The Labute approximate surface area is 139 Å². The molecule has 100 valence electrons. The summed E-state index contributed by atoms with van der Waals surface area (Å²) in [6.45, 7) is 0. The van der Waals surface area contributed by atoms with Crippen LogP contribution >= 0.6 is 38.5 Å². The quantitative estimate of drug-likeness (QED) is 0.520. The SMILES string of the molecule is Brc1cccc(I)c1.c1ccc(-c2ncncn2)cc1. The van der Waals surface area contributed by atoms with Gasteiger partial charge >= 0.3 is 0 Å². The van der Waals surface area contributed by atoms with Crippen molar-refractivity contribution in [1.29, 1.82) is 0 Å². The van der Waals surface area contributed by atoms with Crippen LogP contribution < -0.4 is 0 Å². The minimum Gasteiger partial charge on any atom is -0.225 e. The molecule has 0 aliphatic carbocycles. The van der Waals surface area contributed by atoms with E-state index in [1.807, 2.05) is 42.5 Å². The lowest BCUT2D eigenvalue weighted by atomic mass is 10.2. The van der Waals surface area contributed by atoms with Crippen LogP contribution in [0, 0.1) is 3.57 Å². The standard InChI is InChI=1S/C9H7N3.C6H4BrI/c1-2-4-8(5-3-1)9-11-6-10-7-12-9;7-5-2-1-3-6(8)4-5/h1-7H;1-4H. The van der Waals surface area contributed by atoms with Crippen molar-refractivity contribution in [1.82, 2.24) is 15.0 Å². The van der Waals surface area contributed by atoms with E-state index >= 15 is 0 Å². The maximum absolute atomic E-state index is 4.03. The topological polar surface area (TPSA) is 38.7 Å². The van der Waals surface area contributed by atoms with E-state index in [0.717, 1.165) is 10.0 Å². The molecule has 2 aromatic carbocycles. The minimum absolute atomic E-state index is 0.714. The molecule has 0 N–H and O–H groups in total. The second-order valence-corrected chi connectivity index (χ2v) is 5.93. The summed E-state index contributed by atoms with van der Waals surface area (Å²) in [4.78, 5) is 11.8. The highest BCUT2D eigenvalue weighted by atomic mass is 127. The lowest BCUT2D eigenvalue weighted by molar-refractivity contribution is 1.06. The predicted octanol–water partition coefficient (Wildman–Crippen LogP) is 4.59. The minimum atomic E-state index is 0.714. The summed E-state index contributed by atoms with van der Waals surface area (Å²) in [7, 11) is 0. The zero-order valence-corrected chi connectivity index (χ0v) is 14.2. The van der Waals surface area contributed by atoms with Gasteiger partial charge in [-0.25, -0.2) is 15.0 Å². The van der Waals surface area contributed by atoms with E-state index < -0.39 is 0 Å². The van der Waals surface area contributed by atoms with E-state index in [4.69, 9.17) is 0 Å². The Hall–Kier alpha value is -1.34. The van der Waals surface area contributed by atoms with Gasteiger partial charge in [-0.3, -0.25) is 0 Å². The summed E-state index contributed by atoms with van der Waals surface area (Å²) >= 11 is 5.63. The molecule has 5 heteroatoms. The second kappa shape index (κ2) is 8.06. The molecule has 3 rings (SSSR count). The van der Waals surface area contributed by atoms with Crippen molar-refractivity contribution < 1.29 is 0 Å². The molecule has 3 nitrogen and oxygen atoms in total. The van der Waals surface area contributed by atoms with Gasteiger partial charge in [0.05, 0.1) is 0 Å². The van der Waals surface area contributed by atoms with E-state index in [1.165, 1.54) is 16.2 Å². The molecule has 3 aromatic rings. The number of hydrogen-bond donors (Lipinski definition) is 0. The number of aromatic nitrogens is 3. The number of nitrogens with zero attached hydrogens (tertiary/aromatic N) is 3. The van der Waals surface area contributed by atoms with Gasteiger partial charge in [0, 0.05) is 13.6 Å². The molecule has 1 heterocycles. The molecule has 0 saturated heterocycles. The number of rotatable bonds is 1. The second-order valence-electron chi connectivity index (χ2n) is 3.77. The Bertz CT molecular complexity index is 593. The summed E-state index contributed by atoms with van der Waals surface area (Å²) in [5.41, 5.74) is 1.01. The van der Waals surface area contributed by atoms with Gasteiger partial charge in [0.1, 0.15) is 12.7 Å². The van der Waals surface area contributed by atoms with Crippen molar-refractivity contribution in [2.45, 2.75) is 0 Å². The zero-order chi connectivity index (χ0) is 14.2. The Morgan fingerprint density at radius 1 is 0.850 bits per heavy atom. The number of hydrogen-bond acceptors (Lipinski definition) is 3. The van der Waals surface area contributed by atoms with Crippen LogP contribution in [-0.4, -0.2) is 15.0 Å². The molecule has 0 atom stereocenters. The van der Waals surface area contributed by atoms with Gasteiger partial charge in [0.2, 0.25) is 0 Å². The molecule has 0 aliphatic rings. The molecule has 0 unspecified atom stereocenters. The van der Waals surface area contributed by atoms with Crippen molar-refractivity contribution in [2.24, 2.45) is 0 Å². The van der Waals surface area contributed by atoms with E-state index in [1.54, 1.807) is 0 Å². The first-order valence-electron chi connectivity index (χ1n) is 5.84. The van der Waals surface area contributed by atoms with Crippen molar-refractivity contribution in [2.75, 3.05) is 0 Å². The third-order valence-corrected chi connectivity index (χ3v) is 3.48. The van der Waals surface area contributed by atoms with Gasteiger partial charge in [-0.2, -0.15) is 0 Å². The van der Waals surface area contributed by atoms with E-state index in [-0.39, 0.29) is 0 Å². The van der Waals surface area contributed by atoms with Crippen LogP contribution in [0.5, 0.6) is 0 Å². The molecule has 0 radical (unpaired) electrons. The maximum atomic E-state index is 4.03. The highest BCUT2D eigenvalue weighted by Gasteiger charge is 1.95. The van der Waals surface area contributed by atoms with E-state index in [0.29, 0.717) is 5.82 Å². The average molecular weight is 440 g/mol. The van der Waals surface area contributed by atoms with Crippen LogP contribution in [0.15, 0.2) is 71.7 Å². The first kappa shape index (κ1) is 15.1. The monoisotopic (exact) mass is 439 g/mol. The van der Waals surface area contributed by atoms with Crippen LogP contribution in [0.4, 0.5) is 0 Å². The largest absolute Gasteiger partial charge is 0.225 e. The third kappa shape index (κ3) is 4.97. The van der Waals surface area contributed by atoms with Gasteiger partial charge in [-0.1, -0.05) is 52.3 Å². The highest BCUT2D eigenvalue weighted by Crippen LogP contribution is 2.12. The lowest BCUT2D eigenvalue weighted by Crippen LogP contribution is -1.87. The van der Waals surface area contributed by atoms with Crippen molar-refractivity contribution in [3.63, 3.8) is 0 Å². The maximum Gasteiger partial charge on any atom is 0.162 e.